The van der Waals surface area contributed by atoms with Gasteiger partial charge in [-0.15, -0.1) is 0 Å². The number of rotatable bonds is 13. The topological polar surface area (TPSA) is 96.0 Å². The minimum atomic E-state index is -4.24. The number of anilines is 1. The van der Waals surface area contributed by atoms with E-state index in [1.165, 1.54) is 24.1 Å². The Hall–Kier alpha value is -4.15. The summed E-state index contributed by atoms with van der Waals surface area (Å²) < 4.78 is 35.3. The average molecular weight is 693 g/mol. The predicted octanol–water partition coefficient (Wildman–Crippen LogP) is 6.05. The lowest BCUT2D eigenvalue weighted by molar-refractivity contribution is -0.140. The van der Waals surface area contributed by atoms with Crippen molar-refractivity contribution >= 4 is 43.5 Å². The zero-order valence-electron chi connectivity index (χ0n) is 25.9. The van der Waals surface area contributed by atoms with Crippen LogP contribution in [0.3, 0.4) is 0 Å². The lowest BCUT2D eigenvalue weighted by Crippen LogP contribution is -2.53. The zero-order valence-corrected chi connectivity index (χ0v) is 28.3. The number of halogens is 1. The normalized spacial score (nSPS) is 11.8. The molecule has 0 radical (unpaired) electrons. The van der Waals surface area contributed by atoms with E-state index >= 15 is 0 Å². The monoisotopic (exact) mass is 691 g/mol. The number of hydrogen-bond acceptors (Lipinski definition) is 5. The summed E-state index contributed by atoms with van der Waals surface area (Å²) >= 11 is 3.39. The summed E-state index contributed by atoms with van der Waals surface area (Å²) in [6.07, 6.45) is 0.257. The number of sulfonamides is 1. The Morgan fingerprint density at radius 2 is 1.56 bits per heavy atom. The molecule has 0 heterocycles. The van der Waals surface area contributed by atoms with Crippen molar-refractivity contribution in [2.24, 2.45) is 0 Å². The van der Waals surface area contributed by atoms with Gasteiger partial charge in [-0.2, -0.15) is 0 Å². The van der Waals surface area contributed by atoms with Crippen LogP contribution in [0.2, 0.25) is 0 Å². The molecule has 0 aromatic heterocycles. The van der Waals surface area contributed by atoms with E-state index in [1.807, 2.05) is 75.4 Å². The Morgan fingerprint density at radius 1 is 0.867 bits per heavy atom. The molecule has 0 saturated heterocycles. The number of benzene rings is 4. The predicted molar refractivity (Wildman–Crippen MR) is 181 cm³/mol. The molecule has 0 spiro atoms. The molecule has 4 rings (SSSR count). The van der Waals surface area contributed by atoms with Crippen LogP contribution in [0.1, 0.15) is 29.2 Å². The molecule has 236 valence electrons. The van der Waals surface area contributed by atoms with E-state index in [1.54, 1.807) is 30.3 Å². The maximum Gasteiger partial charge on any atom is 0.264 e. The van der Waals surface area contributed by atoms with Gasteiger partial charge >= 0.3 is 0 Å². The highest BCUT2D eigenvalue weighted by molar-refractivity contribution is 9.10. The van der Waals surface area contributed by atoms with Gasteiger partial charge in [-0.25, -0.2) is 8.42 Å². The van der Waals surface area contributed by atoms with Crippen molar-refractivity contribution in [2.75, 3.05) is 24.5 Å². The van der Waals surface area contributed by atoms with Crippen LogP contribution in [-0.2, 0) is 32.6 Å². The summed E-state index contributed by atoms with van der Waals surface area (Å²) in [6.45, 7) is 5.66. The minimum absolute atomic E-state index is 0.0154. The van der Waals surface area contributed by atoms with Crippen LogP contribution in [0, 0.1) is 13.8 Å². The first-order chi connectivity index (χ1) is 21.5. The molecule has 1 unspecified atom stereocenters. The average Bonchev–Trinajstić information content (AvgIpc) is 3.02. The van der Waals surface area contributed by atoms with E-state index in [0.717, 1.165) is 26.6 Å². The summed E-state index contributed by atoms with van der Waals surface area (Å²) in [6, 6.07) is 27.7. The van der Waals surface area contributed by atoms with Gasteiger partial charge in [-0.1, -0.05) is 77.9 Å². The Bertz CT molecular complexity index is 1730. The molecular weight excluding hydrogens is 654 g/mol. The third-order valence-electron chi connectivity index (χ3n) is 7.37. The summed E-state index contributed by atoms with van der Waals surface area (Å²) in [4.78, 5) is 29.6. The van der Waals surface area contributed by atoms with Crippen LogP contribution in [0.5, 0.6) is 5.75 Å². The van der Waals surface area contributed by atoms with Crippen molar-refractivity contribution in [3.63, 3.8) is 0 Å². The molecular formula is C35H38BrN3O5S. The van der Waals surface area contributed by atoms with Crippen LogP contribution in [0.15, 0.2) is 106 Å². The minimum Gasteiger partial charge on any atom is -0.496 e. The van der Waals surface area contributed by atoms with Crippen molar-refractivity contribution in [1.29, 1.82) is 0 Å². The highest BCUT2D eigenvalue weighted by Gasteiger charge is 2.34. The van der Waals surface area contributed by atoms with Crippen LogP contribution in [-0.4, -0.2) is 51.4 Å². The largest absolute Gasteiger partial charge is 0.496 e. The highest BCUT2D eigenvalue weighted by Crippen LogP contribution is 2.31. The van der Waals surface area contributed by atoms with Crippen molar-refractivity contribution in [3.05, 3.63) is 124 Å². The highest BCUT2D eigenvalue weighted by atomic mass is 79.9. The molecule has 0 saturated carbocycles. The molecule has 45 heavy (non-hydrogen) atoms. The molecule has 0 fully saturated rings. The molecule has 0 aliphatic rings. The maximum atomic E-state index is 14.5. The second kappa shape index (κ2) is 15.2. The second-order valence-electron chi connectivity index (χ2n) is 10.8. The van der Waals surface area contributed by atoms with Gasteiger partial charge in [0.05, 0.1) is 22.2 Å². The molecule has 0 aliphatic carbocycles. The van der Waals surface area contributed by atoms with Crippen LogP contribution in [0.25, 0.3) is 0 Å². The van der Waals surface area contributed by atoms with E-state index in [2.05, 4.69) is 21.2 Å². The summed E-state index contributed by atoms with van der Waals surface area (Å²) in [5, 5.41) is 2.88. The fourth-order valence-corrected chi connectivity index (χ4v) is 7.16. The van der Waals surface area contributed by atoms with Crippen molar-refractivity contribution < 1.29 is 22.7 Å². The quantitative estimate of drug-likeness (QED) is 0.184. The van der Waals surface area contributed by atoms with Gasteiger partial charge in [-0.05, 0) is 78.2 Å². The number of ether oxygens (including phenoxy) is 1. The molecule has 0 bridgehead atoms. The summed E-state index contributed by atoms with van der Waals surface area (Å²) in [5.41, 5.74) is 3.98. The smallest absolute Gasteiger partial charge is 0.264 e. The second-order valence-corrected chi connectivity index (χ2v) is 13.5. The van der Waals surface area contributed by atoms with Crippen LogP contribution >= 0.6 is 15.9 Å². The van der Waals surface area contributed by atoms with Crippen molar-refractivity contribution in [2.45, 2.75) is 44.7 Å². The van der Waals surface area contributed by atoms with Crippen molar-refractivity contribution in [1.82, 2.24) is 10.2 Å². The van der Waals surface area contributed by atoms with Crippen molar-refractivity contribution in [3.8, 4) is 5.75 Å². The molecule has 4 aromatic rings. The van der Waals surface area contributed by atoms with E-state index in [4.69, 9.17) is 4.74 Å². The molecule has 0 aliphatic heterocycles. The number of methoxy groups -OCH3 is 1. The molecule has 4 aromatic carbocycles. The third kappa shape index (κ3) is 8.52. The molecule has 8 nitrogen and oxygen atoms in total. The number of aryl methyl sites for hydroxylation is 2. The van der Waals surface area contributed by atoms with Crippen LogP contribution < -0.4 is 14.4 Å². The lowest BCUT2D eigenvalue weighted by atomic mass is 10.0. The Morgan fingerprint density at radius 3 is 2.18 bits per heavy atom. The van der Waals surface area contributed by atoms with Gasteiger partial charge < -0.3 is 15.0 Å². The Labute approximate surface area is 274 Å². The zero-order chi connectivity index (χ0) is 32.6. The maximum absolute atomic E-state index is 14.5. The fraction of sp³-hybridized carbons (Fsp3) is 0.257. The molecule has 10 heteroatoms. The molecule has 2 amide bonds. The first-order valence-electron chi connectivity index (χ1n) is 14.6. The number of amides is 2. The third-order valence-corrected chi connectivity index (χ3v) is 9.76. The lowest BCUT2D eigenvalue weighted by Gasteiger charge is -2.34. The number of likely N-dealkylation sites (N-methyl/N-ethyl adjacent to an activating group) is 1. The van der Waals surface area contributed by atoms with Gasteiger partial charge in [0.1, 0.15) is 18.3 Å². The first kappa shape index (κ1) is 33.7. The van der Waals surface area contributed by atoms with Crippen LogP contribution in [0.4, 0.5) is 5.69 Å². The number of nitrogens with zero attached hydrogens (tertiary/aromatic N) is 2. The number of carbonyl (C=O) groups excluding carboxylic acids is 2. The fourth-order valence-electron chi connectivity index (χ4n) is 5.03. The standard InChI is InChI=1S/C35H38BrN3O5S/c1-5-37-35(41)32(21-27-11-7-6-8-12-27)38(23-28-13-9-10-26(3)20-28)34(40)24-39(29-16-14-25(2)15-17-29)45(42,43)30-18-19-33(44-4)31(36)22-30/h6-20,22,32H,5,21,23-24H2,1-4H3,(H,37,41). The van der Waals surface area contributed by atoms with E-state index in [-0.39, 0.29) is 23.8 Å². The molecule has 1 atom stereocenters. The van der Waals surface area contributed by atoms with Gasteiger partial charge in [-0.3, -0.25) is 13.9 Å². The van der Waals surface area contributed by atoms with E-state index < -0.39 is 28.5 Å². The number of nitrogens with one attached hydrogen (secondary N) is 1. The number of hydrogen-bond donors (Lipinski definition) is 1. The van der Waals surface area contributed by atoms with Gasteiger partial charge in [0.2, 0.25) is 11.8 Å². The Kier molecular flexibility index (Phi) is 11.4. The summed E-state index contributed by atoms with van der Waals surface area (Å²) in [5.74, 6) is -0.353. The van der Waals surface area contributed by atoms with Gasteiger partial charge in [0.15, 0.2) is 0 Å². The number of carbonyl (C=O) groups is 2. The molecule has 1 N–H and O–H groups in total. The van der Waals surface area contributed by atoms with E-state index in [9.17, 15) is 18.0 Å². The first-order valence-corrected chi connectivity index (χ1v) is 16.9. The van der Waals surface area contributed by atoms with Gasteiger partial charge in [0, 0.05) is 19.5 Å². The summed E-state index contributed by atoms with van der Waals surface area (Å²) in [7, 11) is -2.74. The van der Waals surface area contributed by atoms with Gasteiger partial charge in [0.25, 0.3) is 10.0 Å². The van der Waals surface area contributed by atoms with E-state index in [0.29, 0.717) is 22.5 Å². The Balaban J connectivity index is 1.81. The SMILES string of the molecule is CCNC(=O)C(Cc1ccccc1)N(Cc1cccc(C)c1)C(=O)CN(c1ccc(C)cc1)S(=O)(=O)c1ccc(OC)c(Br)c1.